The van der Waals surface area contributed by atoms with E-state index in [2.05, 4.69) is 43.1 Å². The standard InChI is InChI=1S/C17H18N4OS/c1-22-15-4-2-13(3-5-15)16-9-20-7-6-18-17(20)10-21(16)8-14-11-23-12-19-14/h2-7,11-12,16H,8-10H2,1H3/t16-/m0/s1. The molecule has 0 saturated carbocycles. The number of imidazole rings is 1. The maximum absolute atomic E-state index is 5.28. The molecule has 1 aliphatic heterocycles. The average Bonchev–Trinajstić information content (AvgIpc) is 3.25. The van der Waals surface area contributed by atoms with Crippen LogP contribution < -0.4 is 4.74 Å². The molecule has 1 atom stereocenters. The Morgan fingerprint density at radius 2 is 2.13 bits per heavy atom. The predicted octanol–water partition coefficient (Wildman–Crippen LogP) is 3.11. The second-order valence-electron chi connectivity index (χ2n) is 5.67. The summed E-state index contributed by atoms with van der Waals surface area (Å²) in [6, 6.07) is 8.67. The molecule has 0 amide bonds. The van der Waals surface area contributed by atoms with Gasteiger partial charge in [-0.15, -0.1) is 11.3 Å². The molecule has 1 aromatic carbocycles. The summed E-state index contributed by atoms with van der Waals surface area (Å²) in [5, 5.41) is 2.12. The summed E-state index contributed by atoms with van der Waals surface area (Å²) in [6.45, 7) is 2.58. The normalized spacial score (nSPS) is 17.9. The molecule has 5 nitrogen and oxygen atoms in total. The molecule has 0 fully saturated rings. The highest BCUT2D eigenvalue weighted by Crippen LogP contribution is 2.31. The molecule has 4 rings (SSSR count). The number of nitrogens with zero attached hydrogens (tertiary/aromatic N) is 4. The monoisotopic (exact) mass is 326 g/mol. The summed E-state index contributed by atoms with van der Waals surface area (Å²) in [5.41, 5.74) is 4.30. The highest BCUT2D eigenvalue weighted by Gasteiger charge is 2.28. The van der Waals surface area contributed by atoms with E-state index in [4.69, 9.17) is 4.74 Å². The van der Waals surface area contributed by atoms with E-state index in [0.717, 1.165) is 36.9 Å². The van der Waals surface area contributed by atoms with Gasteiger partial charge in [0.15, 0.2) is 0 Å². The van der Waals surface area contributed by atoms with Crippen LogP contribution >= 0.6 is 11.3 Å². The lowest BCUT2D eigenvalue weighted by Crippen LogP contribution is -2.36. The molecule has 0 unspecified atom stereocenters. The molecule has 2 aromatic heterocycles. The van der Waals surface area contributed by atoms with Gasteiger partial charge in [-0.25, -0.2) is 9.97 Å². The fraction of sp³-hybridized carbons (Fsp3) is 0.294. The Balaban J connectivity index is 1.65. The number of aromatic nitrogens is 3. The number of hydrogen-bond acceptors (Lipinski definition) is 5. The van der Waals surface area contributed by atoms with Crippen LogP contribution in [-0.4, -0.2) is 26.5 Å². The van der Waals surface area contributed by atoms with Gasteiger partial charge in [0.1, 0.15) is 11.6 Å². The molecule has 0 radical (unpaired) electrons. The summed E-state index contributed by atoms with van der Waals surface area (Å²) in [6.07, 6.45) is 3.94. The molecule has 0 saturated heterocycles. The zero-order valence-corrected chi connectivity index (χ0v) is 13.7. The van der Waals surface area contributed by atoms with Crippen molar-refractivity contribution < 1.29 is 4.74 Å². The van der Waals surface area contributed by atoms with E-state index in [-0.39, 0.29) is 0 Å². The SMILES string of the molecule is COc1ccc([C@@H]2Cn3ccnc3CN2Cc2cscn2)cc1. The summed E-state index contributed by atoms with van der Waals surface area (Å²) in [7, 11) is 1.70. The Kier molecular flexibility index (Phi) is 3.85. The maximum Gasteiger partial charge on any atom is 0.122 e. The van der Waals surface area contributed by atoms with Crippen LogP contribution in [0.25, 0.3) is 0 Å². The van der Waals surface area contributed by atoms with Gasteiger partial charge < -0.3 is 9.30 Å². The van der Waals surface area contributed by atoms with Crippen LogP contribution in [-0.2, 0) is 19.6 Å². The third-order valence-corrected chi connectivity index (χ3v) is 4.94. The van der Waals surface area contributed by atoms with Crippen LogP contribution in [0.2, 0.25) is 0 Å². The smallest absolute Gasteiger partial charge is 0.122 e. The summed E-state index contributed by atoms with van der Waals surface area (Å²) in [4.78, 5) is 11.4. The first-order chi connectivity index (χ1) is 11.3. The first kappa shape index (κ1) is 14.4. The first-order valence-corrected chi connectivity index (χ1v) is 8.53. The van der Waals surface area contributed by atoms with E-state index in [0.29, 0.717) is 6.04 Å². The number of benzene rings is 1. The van der Waals surface area contributed by atoms with Crippen LogP contribution in [0.4, 0.5) is 0 Å². The molecule has 3 heterocycles. The zero-order chi connectivity index (χ0) is 15.6. The molecule has 0 bridgehead atoms. The van der Waals surface area contributed by atoms with Crippen molar-refractivity contribution in [2.45, 2.75) is 25.7 Å². The maximum atomic E-state index is 5.28. The highest BCUT2D eigenvalue weighted by atomic mass is 32.1. The van der Waals surface area contributed by atoms with Gasteiger partial charge in [-0.3, -0.25) is 4.90 Å². The molecule has 3 aromatic rings. The molecule has 23 heavy (non-hydrogen) atoms. The minimum atomic E-state index is 0.310. The van der Waals surface area contributed by atoms with Gasteiger partial charge in [-0.2, -0.15) is 0 Å². The number of rotatable bonds is 4. The number of methoxy groups -OCH3 is 1. The minimum Gasteiger partial charge on any atom is -0.497 e. The van der Waals surface area contributed by atoms with Crippen LogP contribution in [0.5, 0.6) is 5.75 Å². The van der Waals surface area contributed by atoms with Crippen molar-refractivity contribution in [2.75, 3.05) is 7.11 Å². The molecular formula is C17H18N4OS. The first-order valence-electron chi connectivity index (χ1n) is 7.58. The van der Waals surface area contributed by atoms with E-state index in [9.17, 15) is 0 Å². The van der Waals surface area contributed by atoms with Crippen molar-refractivity contribution >= 4 is 11.3 Å². The fourth-order valence-corrected chi connectivity index (χ4v) is 3.63. The number of thiazole rings is 1. The quantitative estimate of drug-likeness (QED) is 0.739. The zero-order valence-electron chi connectivity index (χ0n) is 12.9. The Bertz CT molecular complexity index is 766. The fourth-order valence-electron chi connectivity index (χ4n) is 3.08. The molecule has 0 N–H and O–H groups in total. The number of hydrogen-bond donors (Lipinski definition) is 0. The topological polar surface area (TPSA) is 43.2 Å². The van der Waals surface area contributed by atoms with Crippen molar-refractivity contribution in [3.63, 3.8) is 0 Å². The minimum absolute atomic E-state index is 0.310. The van der Waals surface area contributed by atoms with E-state index in [1.807, 2.05) is 23.8 Å². The van der Waals surface area contributed by atoms with E-state index < -0.39 is 0 Å². The van der Waals surface area contributed by atoms with Crippen molar-refractivity contribution in [3.05, 3.63) is 64.6 Å². The molecule has 0 spiro atoms. The van der Waals surface area contributed by atoms with Gasteiger partial charge in [0.2, 0.25) is 0 Å². The lowest BCUT2D eigenvalue weighted by Gasteiger charge is -2.36. The van der Waals surface area contributed by atoms with Crippen molar-refractivity contribution in [1.29, 1.82) is 0 Å². The molecule has 118 valence electrons. The van der Waals surface area contributed by atoms with Crippen LogP contribution in [0.1, 0.15) is 23.1 Å². The average molecular weight is 326 g/mol. The van der Waals surface area contributed by atoms with Crippen LogP contribution in [0.15, 0.2) is 47.5 Å². The lowest BCUT2D eigenvalue weighted by atomic mass is 10.0. The molecular weight excluding hydrogens is 308 g/mol. The molecule has 6 heteroatoms. The Morgan fingerprint density at radius 1 is 1.26 bits per heavy atom. The van der Waals surface area contributed by atoms with E-state index in [1.165, 1.54) is 5.56 Å². The Morgan fingerprint density at radius 3 is 2.87 bits per heavy atom. The summed E-state index contributed by atoms with van der Waals surface area (Å²) >= 11 is 1.64. The highest BCUT2D eigenvalue weighted by molar-refractivity contribution is 7.07. The third-order valence-electron chi connectivity index (χ3n) is 4.31. The predicted molar refractivity (Wildman–Crippen MR) is 89.3 cm³/mol. The van der Waals surface area contributed by atoms with E-state index in [1.54, 1.807) is 18.4 Å². The molecule has 1 aliphatic rings. The number of ether oxygens (including phenoxy) is 1. The second-order valence-corrected chi connectivity index (χ2v) is 6.39. The van der Waals surface area contributed by atoms with Crippen LogP contribution in [0.3, 0.4) is 0 Å². The van der Waals surface area contributed by atoms with Gasteiger partial charge in [0.05, 0.1) is 30.9 Å². The largest absolute Gasteiger partial charge is 0.497 e. The summed E-state index contributed by atoms with van der Waals surface area (Å²) < 4.78 is 7.52. The van der Waals surface area contributed by atoms with Gasteiger partial charge in [0, 0.05) is 30.9 Å². The van der Waals surface area contributed by atoms with Gasteiger partial charge in [-0.1, -0.05) is 12.1 Å². The number of fused-ring (bicyclic) bond motifs is 1. The van der Waals surface area contributed by atoms with E-state index >= 15 is 0 Å². The Hall–Kier alpha value is -2.18. The third kappa shape index (κ3) is 2.87. The second kappa shape index (κ2) is 6.14. The summed E-state index contributed by atoms with van der Waals surface area (Å²) in [5.74, 6) is 2.00. The van der Waals surface area contributed by atoms with Gasteiger partial charge >= 0.3 is 0 Å². The van der Waals surface area contributed by atoms with Crippen molar-refractivity contribution in [3.8, 4) is 5.75 Å². The van der Waals surface area contributed by atoms with Gasteiger partial charge in [-0.05, 0) is 17.7 Å². The Labute approximate surface area is 139 Å². The molecule has 0 aliphatic carbocycles. The van der Waals surface area contributed by atoms with Crippen molar-refractivity contribution in [1.82, 2.24) is 19.4 Å². The van der Waals surface area contributed by atoms with Crippen LogP contribution in [0, 0.1) is 0 Å². The van der Waals surface area contributed by atoms with Gasteiger partial charge in [0.25, 0.3) is 0 Å². The lowest BCUT2D eigenvalue weighted by molar-refractivity contribution is 0.127. The van der Waals surface area contributed by atoms with Crippen molar-refractivity contribution in [2.24, 2.45) is 0 Å².